The number of amides is 1. The summed E-state index contributed by atoms with van der Waals surface area (Å²) in [4.78, 5) is 24.5. The van der Waals surface area contributed by atoms with Crippen molar-refractivity contribution in [2.45, 2.75) is 0 Å². The Morgan fingerprint density at radius 1 is 1.44 bits per heavy atom. The molecule has 0 unspecified atom stereocenters. The zero-order chi connectivity index (χ0) is 11.7. The molecule has 0 aromatic heterocycles. The number of terminal acetylenes is 1. The highest BCUT2D eigenvalue weighted by atomic mass is 16.5. The lowest BCUT2D eigenvalue weighted by Crippen LogP contribution is -2.29. The van der Waals surface area contributed by atoms with E-state index in [0.29, 0.717) is 17.0 Å². The van der Waals surface area contributed by atoms with Gasteiger partial charge in [-0.05, 0) is 12.1 Å². The maximum absolute atomic E-state index is 11.6. The van der Waals surface area contributed by atoms with Gasteiger partial charge in [-0.2, -0.15) is 0 Å². The van der Waals surface area contributed by atoms with E-state index in [2.05, 4.69) is 5.92 Å². The van der Waals surface area contributed by atoms with Crippen molar-refractivity contribution in [2.24, 2.45) is 0 Å². The van der Waals surface area contributed by atoms with Gasteiger partial charge < -0.3 is 4.74 Å². The SMILES string of the molecule is C#CCN1C(=O)C(=O)c2ccc(OC)cc21. The van der Waals surface area contributed by atoms with Crippen LogP contribution in [-0.2, 0) is 4.79 Å². The zero-order valence-corrected chi connectivity index (χ0v) is 8.69. The summed E-state index contributed by atoms with van der Waals surface area (Å²) >= 11 is 0. The minimum absolute atomic E-state index is 0.0880. The predicted molar refractivity (Wildman–Crippen MR) is 58.5 cm³/mol. The normalized spacial score (nSPS) is 13.6. The minimum atomic E-state index is -0.582. The van der Waals surface area contributed by atoms with E-state index >= 15 is 0 Å². The van der Waals surface area contributed by atoms with Gasteiger partial charge in [0.2, 0.25) is 0 Å². The third kappa shape index (κ3) is 1.34. The van der Waals surface area contributed by atoms with Crippen molar-refractivity contribution in [1.82, 2.24) is 0 Å². The maximum Gasteiger partial charge on any atom is 0.300 e. The van der Waals surface area contributed by atoms with Gasteiger partial charge in [0.25, 0.3) is 11.7 Å². The first-order valence-corrected chi connectivity index (χ1v) is 4.66. The van der Waals surface area contributed by atoms with Crippen LogP contribution in [0.25, 0.3) is 0 Å². The summed E-state index contributed by atoms with van der Waals surface area (Å²) in [6, 6.07) is 4.85. The molecular weight excluding hydrogens is 206 g/mol. The Balaban J connectivity index is 2.54. The number of benzene rings is 1. The van der Waals surface area contributed by atoms with E-state index in [1.807, 2.05) is 0 Å². The summed E-state index contributed by atoms with van der Waals surface area (Å²) in [6.45, 7) is 0.0880. The van der Waals surface area contributed by atoms with Crippen molar-refractivity contribution in [1.29, 1.82) is 0 Å². The lowest BCUT2D eigenvalue weighted by atomic mass is 10.1. The zero-order valence-electron chi connectivity index (χ0n) is 8.69. The molecule has 0 N–H and O–H groups in total. The van der Waals surface area contributed by atoms with Crippen molar-refractivity contribution >= 4 is 17.4 Å². The van der Waals surface area contributed by atoms with Gasteiger partial charge >= 0.3 is 0 Å². The van der Waals surface area contributed by atoms with Crippen LogP contribution in [0.2, 0.25) is 0 Å². The molecule has 1 aromatic rings. The lowest BCUT2D eigenvalue weighted by molar-refractivity contribution is -0.114. The topological polar surface area (TPSA) is 46.6 Å². The Morgan fingerprint density at radius 2 is 2.19 bits per heavy atom. The largest absolute Gasteiger partial charge is 0.497 e. The molecule has 1 aliphatic rings. The lowest BCUT2D eigenvalue weighted by Gasteiger charge is -2.13. The second-order valence-electron chi connectivity index (χ2n) is 3.31. The first-order chi connectivity index (χ1) is 7.69. The predicted octanol–water partition coefficient (Wildman–Crippen LogP) is 0.858. The van der Waals surface area contributed by atoms with Gasteiger partial charge in [-0.15, -0.1) is 6.42 Å². The van der Waals surface area contributed by atoms with Crippen LogP contribution < -0.4 is 9.64 Å². The summed E-state index contributed by atoms with van der Waals surface area (Å²) in [6.07, 6.45) is 5.16. The third-order valence-electron chi connectivity index (χ3n) is 2.43. The average molecular weight is 215 g/mol. The van der Waals surface area contributed by atoms with Crippen LogP contribution in [0.4, 0.5) is 5.69 Å². The maximum atomic E-state index is 11.6. The monoisotopic (exact) mass is 215 g/mol. The first-order valence-electron chi connectivity index (χ1n) is 4.66. The first kappa shape index (κ1) is 10.2. The number of nitrogens with zero attached hydrogens (tertiary/aromatic N) is 1. The van der Waals surface area contributed by atoms with E-state index in [1.165, 1.54) is 12.0 Å². The minimum Gasteiger partial charge on any atom is -0.497 e. The van der Waals surface area contributed by atoms with Crippen molar-refractivity contribution in [3.63, 3.8) is 0 Å². The molecule has 2 rings (SSSR count). The smallest absolute Gasteiger partial charge is 0.300 e. The fourth-order valence-corrected chi connectivity index (χ4v) is 1.65. The van der Waals surface area contributed by atoms with E-state index in [1.54, 1.807) is 18.2 Å². The number of carbonyl (C=O) groups is 2. The molecule has 0 bridgehead atoms. The van der Waals surface area contributed by atoms with Crippen LogP contribution in [-0.4, -0.2) is 25.3 Å². The number of fused-ring (bicyclic) bond motifs is 1. The summed E-state index contributed by atoms with van der Waals surface area (Å²) < 4.78 is 5.04. The van der Waals surface area contributed by atoms with Crippen molar-refractivity contribution in [2.75, 3.05) is 18.6 Å². The van der Waals surface area contributed by atoms with Crippen LogP contribution in [0.5, 0.6) is 5.75 Å². The molecule has 4 heteroatoms. The van der Waals surface area contributed by atoms with Gasteiger partial charge in [0, 0.05) is 6.07 Å². The number of rotatable bonds is 2. The van der Waals surface area contributed by atoms with Gasteiger partial charge in [0.1, 0.15) is 5.75 Å². The third-order valence-corrected chi connectivity index (χ3v) is 2.43. The molecular formula is C12H9NO3. The Labute approximate surface area is 92.8 Å². The van der Waals surface area contributed by atoms with Gasteiger partial charge in [-0.1, -0.05) is 5.92 Å². The van der Waals surface area contributed by atoms with Gasteiger partial charge in [0.15, 0.2) is 0 Å². The van der Waals surface area contributed by atoms with Crippen molar-refractivity contribution in [3.8, 4) is 18.1 Å². The highest BCUT2D eigenvalue weighted by Crippen LogP contribution is 2.31. The van der Waals surface area contributed by atoms with Gasteiger partial charge in [-0.25, -0.2) is 0 Å². The number of Topliss-reactive ketones (excluding diaryl/α,β-unsaturated/α-hetero) is 1. The van der Waals surface area contributed by atoms with Crippen LogP contribution in [0.3, 0.4) is 0 Å². The van der Waals surface area contributed by atoms with E-state index in [9.17, 15) is 9.59 Å². The average Bonchev–Trinajstić information content (AvgIpc) is 2.54. The van der Waals surface area contributed by atoms with E-state index in [-0.39, 0.29) is 6.54 Å². The standard InChI is InChI=1S/C12H9NO3/c1-3-6-13-10-7-8(16-2)4-5-9(10)11(14)12(13)15/h1,4-5,7H,6H2,2H3. The van der Waals surface area contributed by atoms with E-state index in [4.69, 9.17) is 11.2 Å². The summed E-state index contributed by atoms with van der Waals surface area (Å²) in [5.74, 6) is 1.83. The van der Waals surface area contributed by atoms with E-state index in [0.717, 1.165) is 0 Å². The Hall–Kier alpha value is -2.28. The molecule has 16 heavy (non-hydrogen) atoms. The quantitative estimate of drug-likeness (QED) is 0.543. The molecule has 0 fully saturated rings. The Bertz CT molecular complexity index is 513. The summed E-state index contributed by atoms with van der Waals surface area (Å²) in [5.41, 5.74) is 0.897. The molecule has 0 atom stereocenters. The fraction of sp³-hybridized carbons (Fsp3) is 0.167. The molecule has 1 heterocycles. The molecule has 4 nitrogen and oxygen atoms in total. The number of ether oxygens (including phenoxy) is 1. The second kappa shape index (κ2) is 3.70. The number of hydrogen-bond acceptors (Lipinski definition) is 3. The summed E-state index contributed by atoms with van der Waals surface area (Å²) in [5, 5.41) is 0. The number of anilines is 1. The molecule has 1 aromatic carbocycles. The molecule has 1 amide bonds. The van der Waals surface area contributed by atoms with E-state index < -0.39 is 11.7 Å². The number of methoxy groups -OCH3 is 1. The Morgan fingerprint density at radius 3 is 2.81 bits per heavy atom. The van der Waals surface area contributed by atoms with Crippen LogP contribution in [0.15, 0.2) is 18.2 Å². The number of hydrogen-bond donors (Lipinski definition) is 0. The molecule has 0 radical (unpaired) electrons. The molecule has 80 valence electrons. The van der Waals surface area contributed by atoms with Crippen molar-refractivity contribution in [3.05, 3.63) is 23.8 Å². The summed E-state index contributed by atoms with van der Waals surface area (Å²) in [7, 11) is 1.52. The fourth-order valence-electron chi connectivity index (χ4n) is 1.65. The second-order valence-corrected chi connectivity index (χ2v) is 3.31. The Kier molecular flexibility index (Phi) is 2.37. The number of carbonyl (C=O) groups excluding carboxylic acids is 2. The van der Waals surface area contributed by atoms with Crippen molar-refractivity contribution < 1.29 is 14.3 Å². The molecule has 0 saturated heterocycles. The highest BCUT2D eigenvalue weighted by Gasteiger charge is 2.35. The van der Waals surface area contributed by atoms with Gasteiger partial charge in [0.05, 0.1) is 24.9 Å². The molecule has 0 spiro atoms. The van der Waals surface area contributed by atoms with Crippen LogP contribution in [0.1, 0.15) is 10.4 Å². The molecule has 1 aliphatic heterocycles. The van der Waals surface area contributed by atoms with Crippen LogP contribution >= 0.6 is 0 Å². The highest BCUT2D eigenvalue weighted by molar-refractivity contribution is 6.52. The van der Waals surface area contributed by atoms with Crippen LogP contribution in [0, 0.1) is 12.3 Å². The number of ketones is 1. The molecule has 0 aliphatic carbocycles. The molecule has 0 saturated carbocycles. The van der Waals surface area contributed by atoms with Gasteiger partial charge in [-0.3, -0.25) is 14.5 Å².